The minimum Gasteiger partial charge on any atom is -0.494 e. The third-order valence-electron chi connectivity index (χ3n) is 4.11. The third kappa shape index (κ3) is 4.12. The lowest BCUT2D eigenvalue weighted by atomic mass is 9.81. The lowest BCUT2D eigenvalue weighted by Gasteiger charge is -2.31. The molecule has 0 spiro atoms. The number of hydrogen-bond acceptors (Lipinski definition) is 2. The maximum Gasteiger partial charge on any atom is 0.167 e. The molecule has 2 atom stereocenters. The molecule has 0 amide bonds. The minimum atomic E-state index is -0.299. The van der Waals surface area contributed by atoms with Crippen LogP contribution in [0.25, 0.3) is 0 Å². The van der Waals surface area contributed by atoms with Crippen molar-refractivity contribution < 1.29 is 9.13 Å². The van der Waals surface area contributed by atoms with Crippen LogP contribution in [-0.4, -0.2) is 13.2 Å². The molecule has 0 bridgehead atoms. The summed E-state index contributed by atoms with van der Waals surface area (Å²) in [4.78, 5) is 0. The first-order valence-corrected chi connectivity index (χ1v) is 7.68. The molecule has 3 heteroatoms. The van der Waals surface area contributed by atoms with Crippen LogP contribution in [0.3, 0.4) is 0 Å². The van der Waals surface area contributed by atoms with Gasteiger partial charge in [-0.3, -0.25) is 0 Å². The molecule has 0 aromatic heterocycles. The van der Waals surface area contributed by atoms with Crippen LogP contribution < -0.4 is 10.1 Å². The summed E-state index contributed by atoms with van der Waals surface area (Å²) in [6.07, 6.45) is 6.30. The van der Waals surface area contributed by atoms with Crippen molar-refractivity contribution in [2.45, 2.75) is 52.0 Å². The molecule has 0 saturated heterocycles. The zero-order valence-corrected chi connectivity index (χ0v) is 12.8. The highest BCUT2D eigenvalue weighted by Gasteiger charge is 2.22. The van der Waals surface area contributed by atoms with E-state index in [0.29, 0.717) is 11.8 Å². The number of anilines is 1. The SMILES string of the molecule is COc1ccc(NC2CCCC(CC(C)C)C2)cc1F. The van der Waals surface area contributed by atoms with E-state index in [0.717, 1.165) is 17.5 Å². The van der Waals surface area contributed by atoms with Gasteiger partial charge >= 0.3 is 0 Å². The first-order chi connectivity index (χ1) is 9.58. The van der Waals surface area contributed by atoms with Crippen molar-refractivity contribution in [3.8, 4) is 5.75 Å². The Bertz CT molecular complexity index is 433. The monoisotopic (exact) mass is 279 g/mol. The maximum absolute atomic E-state index is 13.7. The van der Waals surface area contributed by atoms with Crippen molar-refractivity contribution in [2.24, 2.45) is 11.8 Å². The number of benzene rings is 1. The highest BCUT2D eigenvalue weighted by atomic mass is 19.1. The van der Waals surface area contributed by atoms with Crippen molar-refractivity contribution in [1.82, 2.24) is 0 Å². The summed E-state index contributed by atoms with van der Waals surface area (Å²) < 4.78 is 18.6. The van der Waals surface area contributed by atoms with Crippen LogP contribution >= 0.6 is 0 Å². The molecular weight excluding hydrogens is 253 g/mol. The standard InChI is InChI=1S/C17H26FNO/c1-12(2)9-13-5-4-6-14(10-13)19-15-7-8-17(20-3)16(18)11-15/h7-8,11-14,19H,4-6,9-10H2,1-3H3. The second-order valence-electron chi connectivity index (χ2n) is 6.35. The van der Waals surface area contributed by atoms with Gasteiger partial charge in [-0.05, 0) is 43.2 Å². The number of rotatable bonds is 5. The van der Waals surface area contributed by atoms with Gasteiger partial charge in [0.15, 0.2) is 11.6 Å². The van der Waals surface area contributed by atoms with Crippen molar-refractivity contribution in [1.29, 1.82) is 0 Å². The number of hydrogen-bond donors (Lipinski definition) is 1. The van der Waals surface area contributed by atoms with E-state index in [1.807, 2.05) is 6.07 Å². The molecule has 2 unspecified atom stereocenters. The lowest BCUT2D eigenvalue weighted by Crippen LogP contribution is -2.28. The maximum atomic E-state index is 13.7. The Hall–Kier alpha value is -1.25. The average Bonchev–Trinajstić information content (AvgIpc) is 2.38. The summed E-state index contributed by atoms with van der Waals surface area (Å²) in [5.74, 6) is 1.57. The Labute approximate surface area is 121 Å². The molecule has 0 radical (unpaired) electrons. The normalized spacial score (nSPS) is 22.9. The zero-order valence-electron chi connectivity index (χ0n) is 12.8. The summed E-state index contributed by atoms with van der Waals surface area (Å²) in [5.41, 5.74) is 0.860. The highest BCUT2D eigenvalue weighted by molar-refractivity contribution is 5.48. The van der Waals surface area contributed by atoms with E-state index >= 15 is 0 Å². The Morgan fingerprint density at radius 2 is 2.15 bits per heavy atom. The van der Waals surface area contributed by atoms with Crippen LogP contribution in [-0.2, 0) is 0 Å². The predicted molar refractivity (Wildman–Crippen MR) is 81.8 cm³/mol. The molecule has 0 aliphatic heterocycles. The fourth-order valence-electron chi connectivity index (χ4n) is 3.29. The molecule has 1 saturated carbocycles. The Kier molecular flexibility index (Phi) is 5.27. The average molecular weight is 279 g/mol. The topological polar surface area (TPSA) is 21.3 Å². The van der Waals surface area contributed by atoms with Crippen LogP contribution in [0.15, 0.2) is 18.2 Å². The van der Waals surface area contributed by atoms with Gasteiger partial charge < -0.3 is 10.1 Å². The van der Waals surface area contributed by atoms with Crippen molar-refractivity contribution in [3.63, 3.8) is 0 Å². The van der Waals surface area contributed by atoms with E-state index < -0.39 is 0 Å². The fraction of sp³-hybridized carbons (Fsp3) is 0.647. The lowest BCUT2D eigenvalue weighted by molar-refractivity contribution is 0.289. The van der Waals surface area contributed by atoms with Gasteiger partial charge in [0.25, 0.3) is 0 Å². The molecule has 2 nitrogen and oxygen atoms in total. The van der Waals surface area contributed by atoms with Gasteiger partial charge in [-0.2, -0.15) is 0 Å². The van der Waals surface area contributed by atoms with Gasteiger partial charge in [0.05, 0.1) is 7.11 Å². The molecule has 1 aliphatic rings. The summed E-state index contributed by atoms with van der Waals surface area (Å²) in [5, 5.41) is 3.48. The van der Waals surface area contributed by atoms with Crippen molar-refractivity contribution >= 4 is 5.69 Å². The molecule has 2 rings (SSSR count). The van der Waals surface area contributed by atoms with Gasteiger partial charge in [-0.1, -0.05) is 26.7 Å². The summed E-state index contributed by atoms with van der Waals surface area (Å²) in [6.45, 7) is 4.58. The molecule has 1 N–H and O–H groups in total. The summed E-state index contributed by atoms with van der Waals surface area (Å²) in [6, 6.07) is 5.59. The molecule has 1 fully saturated rings. The molecular formula is C17H26FNO. The molecule has 1 aliphatic carbocycles. The number of halogens is 1. The Morgan fingerprint density at radius 3 is 2.80 bits per heavy atom. The number of methoxy groups -OCH3 is 1. The highest BCUT2D eigenvalue weighted by Crippen LogP contribution is 2.31. The zero-order chi connectivity index (χ0) is 14.5. The smallest absolute Gasteiger partial charge is 0.167 e. The number of nitrogens with one attached hydrogen (secondary N) is 1. The van der Waals surface area contributed by atoms with E-state index in [-0.39, 0.29) is 5.82 Å². The van der Waals surface area contributed by atoms with Gasteiger partial charge in [0, 0.05) is 17.8 Å². The first kappa shape index (κ1) is 15.1. The largest absolute Gasteiger partial charge is 0.494 e. The molecule has 112 valence electrons. The van der Waals surface area contributed by atoms with Crippen LogP contribution in [0.2, 0.25) is 0 Å². The Balaban J connectivity index is 1.93. The van der Waals surface area contributed by atoms with Gasteiger partial charge in [-0.25, -0.2) is 4.39 Å². The van der Waals surface area contributed by atoms with Crippen LogP contribution in [0.5, 0.6) is 5.75 Å². The van der Waals surface area contributed by atoms with Gasteiger partial charge in [-0.15, -0.1) is 0 Å². The molecule has 1 aromatic carbocycles. The fourth-order valence-corrected chi connectivity index (χ4v) is 3.29. The van der Waals surface area contributed by atoms with Crippen LogP contribution in [0.1, 0.15) is 46.0 Å². The van der Waals surface area contributed by atoms with E-state index in [1.165, 1.54) is 45.3 Å². The molecule has 20 heavy (non-hydrogen) atoms. The Morgan fingerprint density at radius 1 is 1.35 bits per heavy atom. The molecule has 1 aromatic rings. The number of ether oxygens (including phenoxy) is 1. The quantitative estimate of drug-likeness (QED) is 0.831. The van der Waals surface area contributed by atoms with Gasteiger partial charge in [0.2, 0.25) is 0 Å². The second kappa shape index (κ2) is 6.96. The van der Waals surface area contributed by atoms with Crippen molar-refractivity contribution in [2.75, 3.05) is 12.4 Å². The van der Waals surface area contributed by atoms with E-state index in [2.05, 4.69) is 19.2 Å². The van der Waals surface area contributed by atoms with Gasteiger partial charge in [0.1, 0.15) is 0 Å². The first-order valence-electron chi connectivity index (χ1n) is 7.68. The van der Waals surface area contributed by atoms with Crippen molar-refractivity contribution in [3.05, 3.63) is 24.0 Å². The van der Waals surface area contributed by atoms with E-state index in [4.69, 9.17) is 4.74 Å². The van der Waals surface area contributed by atoms with Crippen LogP contribution in [0, 0.1) is 17.7 Å². The third-order valence-corrected chi connectivity index (χ3v) is 4.11. The summed E-state index contributed by atoms with van der Waals surface area (Å²) >= 11 is 0. The van der Waals surface area contributed by atoms with Crippen LogP contribution in [0.4, 0.5) is 10.1 Å². The predicted octanol–water partition coefficient (Wildman–Crippen LogP) is 4.85. The second-order valence-corrected chi connectivity index (χ2v) is 6.35. The minimum absolute atomic E-state index is 0.299. The summed E-state index contributed by atoms with van der Waals surface area (Å²) in [7, 11) is 1.49. The molecule has 0 heterocycles. The van der Waals surface area contributed by atoms with E-state index in [1.54, 1.807) is 6.07 Å². The van der Waals surface area contributed by atoms with E-state index in [9.17, 15) is 4.39 Å².